The number of amides is 1. The fraction of sp³-hybridized carbons (Fsp3) is 0.533. The average molecular weight is 312 g/mol. The first kappa shape index (κ1) is 17.5. The molecule has 0 aliphatic heterocycles. The molecule has 118 valence electrons. The number of carbonyl (C=O) groups is 1. The van der Waals surface area contributed by atoms with Gasteiger partial charge in [0.05, 0.1) is 11.9 Å². The van der Waals surface area contributed by atoms with Gasteiger partial charge in [0.25, 0.3) is 0 Å². The topological polar surface area (TPSA) is 57.7 Å². The average Bonchev–Trinajstić information content (AvgIpc) is 2.41. The quantitative estimate of drug-likeness (QED) is 0.807. The Hall–Kier alpha value is -1.56. The Morgan fingerprint density at radius 1 is 1.14 bits per heavy atom. The van der Waals surface area contributed by atoms with E-state index < -0.39 is 16.1 Å². The minimum Gasteiger partial charge on any atom is -0.341 e. The minimum atomic E-state index is -3.54. The Labute approximate surface area is 127 Å². The number of sulfonamides is 1. The lowest BCUT2D eigenvalue weighted by molar-refractivity contribution is -0.131. The van der Waals surface area contributed by atoms with Crippen LogP contribution in [0.2, 0.25) is 0 Å². The lowest BCUT2D eigenvalue weighted by atomic mass is 10.2. The summed E-state index contributed by atoms with van der Waals surface area (Å²) in [6, 6.07) is 6.36. The first-order valence-corrected chi connectivity index (χ1v) is 8.92. The molecule has 1 aromatic rings. The SMILES string of the molecule is CCN(CC)C(=O)C(C)N(c1ccc(C)cc1)S(C)(=O)=O. The highest BCUT2D eigenvalue weighted by Gasteiger charge is 2.31. The third-order valence-electron chi connectivity index (χ3n) is 3.43. The van der Waals surface area contributed by atoms with E-state index in [2.05, 4.69) is 0 Å². The Morgan fingerprint density at radius 3 is 2.00 bits per heavy atom. The van der Waals surface area contributed by atoms with Crippen LogP contribution in [-0.4, -0.2) is 44.6 Å². The molecule has 1 rings (SSSR count). The first-order chi connectivity index (χ1) is 9.72. The lowest BCUT2D eigenvalue weighted by Crippen LogP contribution is -2.49. The van der Waals surface area contributed by atoms with Crippen molar-refractivity contribution in [2.24, 2.45) is 0 Å². The van der Waals surface area contributed by atoms with E-state index in [1.807, 2.05) is 32.9 Å². The number of hydrogen-bond acceptors (Lipinski definition) is 3. The normalized spacial score (nSPS) is 12.8. The van der Waals surface area contributed by atoms with E-state index in [9.17, 15) is 13.2 Å². The summed E-state index contributed by atoms with van der Waals surface area (Å²) in [6.07, 6.45) is 1.12. The molecule has 1 atom stereocenters. The molecule has 0 bridgehead atoms. The second-order valence-corrected chi connectivity index (χ2v) is 6.94. The van der Waals surface area contributed by atoms with Gasteiger partial charge in [-0.15, -0.1) is 0 Å². The van der Waals surface area contributed by atoms with Crippen molar-refractivity contribution < 1.29 is 13.2 Å². The maximum atomic E-state index is 12.5. The van der Waals surface area contributed by atoms with Crippen LogP contribution in [-0.2, 0) is 14.8 Å². The van der Waals surface area contributed by atoms with Crippen molar-refractivity contribution in [2.45, 2.75) is 33.7 Å². The van der Waals surface area contributed by atoms with Crippen LogP contribution >= 0.6 is 0 Å². The van der Waals surface area contributed by atoms with Gasteiger partial charge in [-0.2, -0.15) is 0 Å². The summed E-state index contributed by atoms with van der Waals surface area (Å²) in [5, 5.41) is 0. The molecule has 0 aromatic heterocycles. The van der Waals surface area contributed by atoms with E-state index in [4.69, 9.17) is 0 Å². The third-order valence-corrected chi connectivity index (χ3v) is 4.67. The molecule has 0 aliphatic rings. The van der Waals surface area contributed by atoms with Crippen LogP contribution in [0.15, 0.2) is 24.3 Å². The molecule has 1 unspecified atom stereocenters. The molecule has 0 radical (unpaired) electrons. The van der Waals surface area contributed by atoms with Gasteiger partial charge in [0, 0.05) is 13.1 Å². The molecule has 0 saturated heterocycles. The van der Waals surface area contributed by atoms with Gasteiger partial charge in [-0.3, -0.25) is 9.10 Å². The third kappa shape index (κ3) is 4.20. The second kappa shape index (κ2) is 6.93. The number of rotatable bonds is 6. The van der Waals surface area contributed by atoms with Gasteiger partial charge in [0.15, 0.2) is 0 Å². The van der Waals surface area contributed by atoms with Crippen LogP contribution in [0, 0.1) is 6.92 Å². The minimum absolute atomic E-state index is 0.189. The summed E-state index contributed by atoms with van der Waals surface area (Å²) in [5.74, 6) is -0.189. The number of nitrogens with zero attached hydrogens (tertiary/aromatic N) is 2. The maximum Gasteiger partial charge on any atom is 0.246 e. The number of anilines is 1. The van der Waals surface area contributed by atoms with Crippen molar-refractivity contribution in [1.29, 1.82) is 0 Å². The van der Waals surface area contributed by atoms with Crippen LogP contribution in [0.5, 0.6) is 0 Å². The summed E-state index contributed by atoms with van der Waals surface area (Å²) in [4.78, 5) is 14.1. The first-order valence-electron chi connectivity index (χ1n) is 7.07. The second-order valence-electron chi connectivity index (χ2n) is 5.08. The fourth-order valence-electron chi connectivity index (χ4n) is 2.29. The Kier molecular flexibility index (Phi) is 5.78. The van der Waals surface area contributed by atoms with Crippen molar-refractivity contribution in [3.05, 3.63) is 29.8 Å². The standard InChI is InChI=1S/C15H24N2O3S/c1-6-16(7-2)15(18)13(4)17(21(5,19)20)14-10-8-12(3)9-11-14/h8-11,13H,6-7H2,1-5H3. The van der Waals surface area contributed by atoms with Gasteiger partial charge in [-0.05, 0) is 39.8 Å². The lowest BCUT2D eigenvalue weighted by Gasteiger charge is -2.31. The monoisotopic (exact) mass is 312 g/mol. The van der Waals surface area contributed by atoms with Crippen LogP contribution in [0.25, 0.3) is 0 Å². The molecule has 0 spiro atoms. The predicted molar refractivity (Wildman–Crippen MR) is 85.9 cm³/mol. The largest absolute Gasteiger partial charge is 0.341 e. The molecular weight excluding hydrogens is 288 g/mol. The molecule has 0 N–H and O–H groups in total. The molecule has 1 aromatic carbocycles. The van der Waals surface area contributed by atoms with Gasteiger partial charge in [0.1, 0.15) is 6.04 Å². The van der Waals surface area contributed by atoms with Gasteiger partial charge in [0.2, 0.25) is 15.9 Å². The molecule has 1 amide bonds. The predicted octanol–water partition coefficient (Wildman–Crippen LogP) is 2.02. The van der Waals surface area contributed by atoms with Crippen molar-refractivity contribution >= 4 is 21.6 Å². The highest BCUT2D eigenvalue weighted by atomic mass is 32.2. The van der Waals surface area contributed by atoms with Crippen molar-refractivity contribution in [2.75, 3.05) is 23.7 Å². The molecule has 0 aliphatic carbocycles. The number of benzene rings is 1. The van der Waals surface area contributed by atoms with Crippen molar-refractivity contribution in [3.63, 3.8) is 0 Å². The van der Waals surface area contributed by atoms with E-state index in [0.29, 0.717) is 18.8 Å². The van der Waals surface area contributed by atoms with Crippen LogP contribution in [0.4, 0.5) is 5.69 Å². The molecule has 6 heteroatoms. The molecule has 0 saturated carbocycles. The fourth-order valence-corrected chi connectivity index (χ4v) is 3.46. The van der Waals surface area contributed by atoms with Crippen LogP contribution < -0.4 is 4.31 Å². The smallest absolute Gasteiger partial charge is 0.246 e. The highest BCUT2D eigenvalue weighted by molar-refractivity contribution is 7.92. The summed E-state index contributed by atoms with van der Waals surface area (Å²) in [5.41, 5.74) is 1.55. The van der Waals surface area contributed by atoms with E-state index in [-0.39, 0.29) is 5.91 Å². The number of carbonyl (C=O) groups excluding carboxylic acids is 1. The van der Waals surface area contributed by atoms with Gasteiger partial charge < -0.3 is 4.90 Å². The zero-order valence-corrected chi connectivity index (χ0v) is 14.1. The Balaban J connectivity index is 3.21. The van der Waals surface area contributed by atoms with E-state index in [1.54, 1.807) is 24.0 Å². The zero-order chi connectivity index (χ0) is 16.2. The van der Waals surface area contributed by atoms with E-state index >= 15 is 0 Å². The van der Waals surface area contributed by atoms with Gasteiger partial charge >= 0.3 is 0 Å². The Morgan fingerprint density at radius 2 is 1.62 bits per heavy atom. The number of hydrogen-bond donors (Lipinski definition) is 0. The summed E-state index contributed by atoms with van der Waals surface area (Å²) < 4.78 is 25.4. The highest BCUT2D eigenvalue weighted by Crippen LogP contribution is 2.22. The zero-order valence-electron chi connectivity index (χ0n) is 13.3. The molecule has 0 fully saturated rings. The Bertz CT molecular complexity index is 577. The summed E-state index contributed by atoms with van der Waals surface area (Å²) in [6.45, 7) is 8.44. The summed E-state index contributed by atoms with van der Waals surface area (Å²) in [7, 11) is -3.54. The maximum absolute atomic E-state index is 12.5. The molecule has 21 heavy (non-hydrogen) atoms. The van der Waals surface area contributed by atoms with Crippen molar-refractivity contribution in [1.82, 2.24) is 4.90 Å². The van der Waals surface area contributed by atoms with Gasteiger partial charge in [-0.1, -0.05) is 17.7 Å². The molecule has 0 heterocycles. The van der Waals surface area contributed by atoms with E-state index in [1.165, 1.54) is 4.31 Å². The van der Waals surface area contributed by atoms with Crippen LogP contribution in [0.3, 0.4) is 0 Å². The van der Waals surface area contributed by atoms with Crippen LogP contribution in [0.1, 0.15) is 26.3 Å². The van der Waals surface area contributed by atoms with E-state index in [0.717, 1.165) is 11.8 Å². The summed E-state index contributed by atoms with van der Waals surface area (Å²) >= 11 is 0. The number of aryl methyl sites for hydroxylation is 1. The molecule has 5 nitrogen and oxygen atoms in total. The van der Waals surface area contributed by atoms with Gasteiger partial charge in [-0.25, -0.2) is 8.42 Å². The molecular formula is C15H24N2O3S. The number of likely N-dealkylation sites (N-methyl/N-ethyl adjacent to an activating group) is 1. The van der Waals surface area contributed by atoms with Crippen molar-refractivity contribution in [3.8, 4) is 0 Å².